The van der Waals surface area contributed by atoms with Crippen molar-refractivity contribution in [2.45, 2.75) is 11.4 Å². The quantitative estimate of drug-likeness (QED) is 0.700. The zero-order valence-electron chi connectivity index (χ0n) is 15.4. The summed E-state index contributed by atoms with van der Waals surface area (Å²) in [4.78, 5) is 25.5. The lowest BCUT2D eigenvalue weighted by Gasteiger charge is -2.34. The van der Waals surface area contributed by atoms with Crippen molar-refractivity contribution in [3.63, 3.8) is 0 Å². The van der Waals surface area contributed by atoms with E-state index >= 15 is 0 Å². The Labute approximate surface area is 166 Å². The number of sulfonamides is 1. The fourth-order valence-corrected chi connectivity index (χ4v) is 4.92. The largest absolute Gasteiger partial charge is 0.330 e. The van der Waals surface area contributed by atoms with Crippen LogP contribution in [0.25, 0.3) is 0 Å². The van der Waals surface area contributed by atoms with E-state index in [9.17, 15) is 22.4 Å². The molecular weight excluding hydrogens is 411 g/mol. The van der Waals surface area contributed by atoms with Crippen LogP contribution in [0, 0.1) is 5.82 Å². The first kappa shape index (κ1) is 20.7. The van der Waals surface area contributed by atoms with Crippen LogP contribution in [-0.2, 0) is 30.7 Å². The summed E-state index contributed by atoms with van der Waals surface area (Å²) in [5.74, 6) is -0.406. The van der Waals surface area contributed by atoms with Gasteiger partial charge in [-0.1, -0.05) is 17.7 Å². The molecule has 0 aliphatic carbocycles. The van der Waals surface area contributed by atoms with Crippen LogP contribution in [0.2, 0.25) is 5.02 Å². The number of rotatable bonds is 4. The molecule has 1 saturated heterocycles. The maximum Gasteiger partial charge on any atom is 0.330 e. The molecule has 0 N–H and O–H groups in total. The van der Waals surface area contributed by atoms with E-state index in [4.69, 9.17) is 11.6 Å². The van der Waals surface area contributed by atoms with Crippen LogP contribution in [0.4, 0.5) is 4.39 Å². The van der Waals surface area contributed by atoms with Crippen LogP contribution < -0.4 is 11.2 Å². The number of hydrogen-bond donors (Lipinski definition) is 0. The predicted molar refractivity (Wildman–Crippen MR) is 102 cm³/mol. The molecule has 1 aliphatic heterocycles. The number of piperazine rings is 1. The van der Waals surface area contributed by atoms with Crippen molar-refractivity contribution in [2.24, 2.45) is 14.1 Å². The van der Waals surface area contributed by atoms with Gasteiger partial charge in [0.15, 0.2) is 4.90 Å². The van der Waals surface area contributed by atoms with Gasteiger partial charge in [0.1, 0.15) is 5.82 Å². The zero-order chi connectivity index (χ0) is 20.6. The molecule has 0 unspecified atom stereocenters. The third-order valence-corrected chi connectivity index (χ3v) is 7.04. The maximum atomic E-state index is 14.0. The number of halogens is 2. The minimum atomic E-state index is -4.05. The third kappa shape index (κ3) is 3.77. The molecule has 1 aliphatic rings. The lowest BCUT2D eigenvalue weighted by Crippen LogP contribution is -2.50. The predicted octanol–water partition coefficient (Wildman–Crippen LogP) is 0.383. The molecule has 1 aromatic carbocycles. The van der Waals surface area contributed by atoms with Crippen molar-refractivity contribution < 1.29 is 12.8 Å². The lowest BCUT2D eigenvalue weighted by atomic mass is 10.2. The van der Waals surface area contributed by atoms with Crippen molar-refractivity contribution in [2.75, 3.05) is 26.2 Å². The SMILES string of the molecule is Cn1cc(S(=O)(=O)N2CCN(Cc3c(F)cccc3Cl)CC2)c(=O)n(C)c1=O. The second-order valence-electron chi connectivity index (χ2n) is 6.63. The van der Waals surface area contributed by atoms with E-state index in [1.54, 1.807) is 6.07 Å². The van der Waals surface area contributed by atoms with Crippen molar-refractivity contribution in [3.05, 3.63) is 61.6 Å². The summed E-state index contributed by atoms with van der Waals surface area (Å²) < 4.78 is 42.8. The van der Waals surface area contributed by atoms with E-state index in [1.807, 2.05) is 4.90 Å². The average molecular weight is 431 g/mol. The van der Waals surface area contributed by atoms with Crippen LogP contribution in [0.5, 0.6) is 0 Å². The standard InChI is InChI=1S/C17H20ClFN4O4S/c1-20-11-15(16(24)21(2)17(20)25)28(26,27)23-8-6-22(7-9-23)10-12-13(18)4-3-5-14(12)19/h3-5,11H,6-10H2,1-2H3. The number of aromatic nitrogens is 2. The second kappa shape index (κ2) is 7.78. The molecule has 2 aromatic rings. The maximum absolute atomic E-state index is 14.0. The van der Waals surface area contributed by atoms with E-state index in [1.165, 1.54) is 30.5 Å². The van der Waals surface area contributed by atoms with Gasteiger partial charge in [0.2, 0.25) is 10.0 Å². The molecule has 8 nitrogen and oxygen atoms in total. The Bertz CT molecular complexity index is 1100. The summed E-state index contributed by atoms with van der Waals surface area (Å²) in [6, 6.07) is 4.47. The minimum absolute atomic E-state index is 0.139. The Kier molecular flexibility index (Phi) is 5.76. The van der Waals surface area contributed by atoms with Gasteiger partial charge in [0.25, 0.3) is 5.56 Å². The van der Waals surface area contributed by atoms with E-state index in [2.05, 4.69) is 0 Å². The van der Waals surface area contributed by atoms with Crippen LogP contribution in [0.3, 0.4) is 0 Å². The molecule has 0 atom stereocenters. The van der Waals surface area contributed by atoms with Crippen molar-refractivity contribution in [1.29, 1.82) is 0 Å². The Balaban J connectivity index is 1.78. The van der Waals surface area contributed by atoms with Crippen molar-refractivity contribution in [3.8, 4) is 0 Å². The molecule has 0 saturated carbocycles. The Morgan fingerprint density at radius 2 is 1.75 bits per heavy atom. The summed E-state index contributed by atoms with van der Waals surface area (Å²) in [5.41, 5.74) is -1.09. The summed E-state index contributed by atoms with van der Waals surface area (Å²) >= 11 is 6.05. The van der Waals surface area contributed by atoms with Gasteiger partial charge < -0.3 is 4.57 Å². The highest BCUT2D eigenvalue weighted by Gasteiger charge is 2.32. The molecule has 152 valence electrons. The number of nitrogens with zero attached hydrogens (tertiary/aromatic N) is 4. The molecular formula is C17H20ClFN4O4S. The first-order valence-electron chi connectivity index (χ1n) is 8.55. The first-order valence-corrected chi connectivity index (χ1v) is 10.4. The fourth-order valence-electron chi connectivity index (χ4n) is 3.13. The Morgan fingerprint density at radius 1 is 1.11 bits per heavy atom. The molecule has 3 rings (SSSR count). The highest BCUT2D eigenvalue weighted by molar-refractivity contribution is 7.89. The Hall–Kier alpha value is -2.01. The lowest BCUT2D eigenvalue weighted by molar-refractivity contribution is 0.179. The zero-order valence-corrected chi connectivity index (χ0v) is 17.0. The van der Waals surface area contributed by atoms with E-state index in [-0.39, 0.29) is 19.6 Å². The van der Waals surface area contributed by atoms with Crippen LogP contribution in [0.15, 0.2) is 38.9 Å². The molecule has 28 heavy (non-hydrogen) atoms. The van der Waals surface area contributed by atoms with E-state index < -0.39 is 32.0 Å². The first-order chi connectivity index (χ1) is 13.1. The van der Waals surface area contributed by atoms with Gasteiger partial charge >= 0.3 is 5.69 Å². The van der Waals surface area contributed by atoms with Gasteiger partial charge in [-0.2, -0.15) is 4.31 Å². The molecule has 11 heteroatoms. The molecule has 0 bridgehead atoms. The Morgan fingerprint density at radius 3 is 2.36 bits per heavy atom. The minimum Gasteiger partial charge on any atom is -0.302 e. The van der Waals surface area contributed by atoms with Crippen molar-refractivity contribution >= 4 is 21.6 Å². The molecule has 1 fully saturated rings. The van der Waals surface area contributed by atoms with Gasteiger partial charge in [-0.15, -0.1) is 0 Å². The molecule has 0 radical (unpaired) electrons. The van der Waals surface area contributed by atoms with E-state index in [0.717, 1.165) is 15.3 Å². The number of hydrogen-bond acceptors (Lipinski definition) is 5. The number of aryl methyl sites for hydroxylation is 1. The van der Waals surface area contributed by atoms with Gasteiger partial charge in [-0.3, -0.25) is 14.3 Å². The topological polar surface area (TPSA) is 84.6 Å². The van der Waals surface area contributed by atoms with Crippen LogP contribution in [0.1, 0.15) is 5.56 Å². The summed E-state index contributed by atoms with van der Waals surface area (Å²) in [6.07, 6.45) is 1.05. The smallest absolute Gasteiger partial charge is 0.302 e. The monoisotopic (exact) mass is 430 g/mol. The van der Waals surface area contributed by atoms with Gasteiger partial charge in [0.05, 0.1) is 0 Å². The highest BCUT2D eigenvalue weighted by atomic mass is 35.5. The molecule has 1 aromatic heterocycles. The summed E-state index contributed by atoms with van der Waals surface area (Å²) in [5, 5.41) is 0.323. The number of benzene rings is 1. The second-order valence-corrected chi connectivity index (χ2v) is 8.95. The molecule has 0 amide bonds. The van der Waals surface area contributed by atoms with Gasteiger partial charge in [-0.05, 0) is 12.1 Å². The summed E-state index contributed by atoms with van der Waals surface area (Å²) in [7, 11) is -1.43. The van der Waals surface area contributed by atoms with Gasteiger partial charge in [-0.25, -0.2) is 17.6 Å². The van der Waals surface area contributed by atoms with Crippen molar-refractivity contribution in [1.82, 2.24) is 18.3 Å². The highest BCUT2D eigenvalue weighted by Crippen LogP contribution is 2.22. The van der Waals surface area contributed by atoms with Gasteiger partial charge in [0, 0.05) is 63.6 Å². The normalized spacial score (nSPS) is 16.4. The third-order valence-electron chi connectivity index (χ3n) is 4.81. The van der Waals surface area contributed by atoms with Crippen LogP contribution in [-0.4, -0.2) is 52.9 Å². The van der Waals surface area contributed by atoms with E-state index in [0.29, 0.717) is 23.7 Å². The molecule has 2 heterocycles. The summed E-state index contributed by atoms with van der Waals surface area (Å²) in [6.45, 7) is 1.26. The van der Waals surface area contributed by atoms with Crippen LogP contribution >= 0.6 is 11.6 Å². The molecule has 0 spiro atoms. The fraction of sp³-hybridized carbons (Fsp3) is 0.412. The average Bonchev–Trinajstić information content (AvgIpc) is 2.66.